The Kier molecular flexibility index (Phi) is 6.44. The quantitative estimate of drug-likeness (QED) is 0.347. The molecule has 2 aliphatic rings. The lowest BCUT2D eigenvalue weighted by molar-refractivity contribution is -0.0503. The molecule has 0 spiro atoms. The van der Waals surface area contributed by atoms with Gasteiger partial charge in [0.2, 0.25) is 0 Å². The van der Waals surface area contributed by atoms with E-state index in [9.17, 15) is 10.2 Å². The number of aliphatic hydroxyl groups is 2. The molecule has 0 aromatic heterocycles. The summed E-state index contributed by atoms with van der Waals surface area (Å²) >= 11 is 0. The number of fused-ring (bicyclic) bond motifs is 1. The maximum atomic E-state index is 11.4. The molecule has 0 unspecified atom stereocenters. The number of nitrogens with zero attached hydrogens (tertiary/aromatic N) is 1. The van der Waals surface area contributed by atoms with Crippen LogP contribution in [0.25, 0.3) is 0 Å². The van der Waals surface area contributed by atoms with Gasteiger partial charge in [-0.2, -0.15) is 0 Å². The summed E-state index contributed by atoms with van der Waals surface area (Å²) in [5.74, 6) is 0.167. The van der Waals surface area contributed by atoms with Crippen LogP contribution in [0.1, 0.15) is 48.1 Å². The van der Waals surface area contributed by atoms with Gasteiger partial charge in [0.15, 0.2) is 11.5 Å². The molecule has 6 rings (SSSR count). The Bertz CT molecular complexity index is 1330. The van der Waals surface area contributed by atoms with Crippen molar-refractivity contribution < 1.29 is 19.7 Å². The van der Waals surface area contributed by atoms with Crippen LogP contribution >= 0.6 is 0 Å². The lowest BCUT2D eigenvalue weighted by atomic mass is 9.83. The van der Waals surface area contributed by atoms with E-state index in [1.54, 1.807) is 0 Å². The summed E-state index contributed by atoms with van der Waals surface area (Å²) in [6.07, 6.45) is 0.549. The van der Waals surface area contributed by atoms with Crippen molar-refractivity contribution >= 4 is 0 Å². The van der Waals surface area contributed by atoms with Gasteiger partial charge >= 0.3 is 5.79 Å². The molecule has 2 atom stereocenters. The van der Waals surface area contributed by atoms with Crippen LogP contribution in [0, 0.1) is 0 Å². The van der Waals surface area contributed by atoms with Gasteiger partial charge in [-0.3, -0.25) is 4.90 Å². The molecule has 4 aromatic rings. The highest BCUT2D eigenvalue weighted by atomic mass is 16.7. The molecule has 0 aliphatic carbocycles. The summed E-state index contributed by atoms with van der Waals surface area (Å²) in [5.41, 5.74) is 2.72. The van der Waals surface area contributed by atoms with E-state index in [-0.39, 0.29) is 6.04 Å². The van der Waals surface area contributed by atoms with Crippen molar-refractivity contribution in [3.05, 3.63) is 131 Å². The second kappa shape index (κ2) is 9.91. The molecule has 5 nitrogen and oxygen atoms in total. The third-order valence-electron chi connectivity index (χ3n) is 8.09. The molecule has 2 heterocycles. The number of aliphatic hydroxyl groups excluding tert-OH is 1. The number of piperidine rings is 1. The summed E-state index contributed by atoms with van der Waals surface area (Å²) in [7, 11) is 0. The molecule has 38 heavy (non-hydrogen) atoms. The van der Waals surface area contributed by atoms with Crippen LogP contribution in [0.5, 0.6) is 11.5 Å². The van der Waals surface area contributed by atoms with Crippen LogP contribution in [0.4, 0.5) is 0 Å². The molecule has 1 fully saturated rings. The van der Waals surface area contributed by atoms with Crippen LogP contribution in [0.3, 0.4) is 0 Å². The van der Waals surface area contributed by atoms with Crippen molar-refractivity contribution in [3.63, 3.8) is 0 Å². The number of ether oxygens (including phenoxy) is 2. The van der Waals surface area contributed by atoms with Gasteiger partial charge in [-0.25, -0.2) is 0 Å². The summed E-state index contributed by atoms with van der Waals surface area (Å²) in [6, 6.07) is 35.3. The van der Waals surface area contributed by atoms with E-state index >= 15 is 0 Å². The topological polar surface area (TPSA) is 62.2 Å². The minimum atomic E-state index is -1.09. The number of likely N-dealkylation sites (tertiary alicyclic amines) is 1. The molecule has 2 aliphatic heterocycles. The van der Waals surface area contributed by atoms with Crippen molar-refractivity contribution in [2.75, 3.05) is 13.1 Å². The van der Waals surface area contributed by atoms with Crippen LogP contribution < -0.4 is 9.47 Å². The second-order valence-electron chi connectivity index (χ2n) is 10.4. The zero-order chi connectivity index (χ0) is 26.2. The first kappa shape index (κ1) is 24.7. The number of benzene rings is 4. The molecular weight excluding hydrogens is 474 g/mol. The Balaban J connectivity index is 1.21. The van der Waals surface area contributed by atoms with Gasteiger partial charge in [-0.15, -0.1) is 0 Å². The molecule has 5 heteroatoms. The summed E-state index contributed by atoms with van der Waals surface area (Å²) in [5, 5.41) is 22.6. The highest BCUT2D eigenvalue weighted by molar-refractivity contribution is 5.51. The Morgan fingerprint density at radius 2 is 1.18 bits per heavy atom. The number of hydrogen-bond donors (Lipinski definition) is 2. The van der Waals surface area contributed by atoms with Gasteiger partial charge in [-0.05, 0) is 43.0 Å². The van der Waals surface area contributed by atoms with E-state index in [2.05, 4.69) is 4.90 Å². The van der Waals surface area contributed by atoms with E-state index in [1.807, 2.05) is 116 Å². The van der Waals surface area contributed by atoms with Crippen molar-refractivity contribution in [1.29, 1.82) is 0 Å². The van der Waals surface area contributed by atoms with E-state index in [1.165, 1.54) is 0 Å². The first-order valence-corrected chi connectivity index (χ1v) is 13.3. The van der Waals surface area contributed by atoms with Crippen LogP contribution in [0.15, 0.2) is 109 Å². The van der Waals surface area contributed by atoms with E-state index in [0.29, 0.717) is 37.4 Å². The lowest BCUT2D eigenvalue weighted by Gasteiger charge is -2.42. The van der Waals surface area contributed by atoms with Gasteiger partial charge in [0.05, 0.1) is 11.7 Å². The molecule has 0 radical (unpaired) electrons. The molecule has 0 amide bonds. The molecule has 2 N–H and O–H groups in total. The Morgan fingerprint density at radius 3 is 1.74 bits per heavy atom. The van der Waals surface area contributed by atoms with Crippen molar-refractivity contribution in [2.24, 2.45) is 0 Å². The lowest BCUT2D eigenvalue weighted by Crippen LogP contribution is -2.47. The highest BCUT2D eigenvalue weighted by Gasteiger charge is 2.45. The Morgan fingerprint density at radius 1 is 0.684 bits per heavy atom. The molecule has 0 bridgehead atoms. The van der Waals surface area contributed by atoms with Crippen molar-refractivity contribution in [2.45, 2.75) is 43.3 Å². The summed E-state index contributed by atoms with van der Waals surface area (Å²) < 4.78 is 13.1. The third-order valence-corrected chi connectivity index (χ3v) is 8.09. The molecule has 194 valence electrons. The molecule has 4 aromatic carbocycles. The molecular formula is C33H33NO4. The summed E-state index contributed by atoms with van der Waals surface area (Å²) in [4.78, 5) is 2.25. The smallest absolute Gasteiger partial charge is 0.305 e. The second-order valence-corrected chi connectivity index (χ2v) is 10.4. The van der Waals surface area contributed by atoms with Gasteiger partial charge < -0.3 is 19.7 Å². The fourth-order valence-electron chi connectivity index (χ4n) is 5.74. The maximum Gasteiger partial charge on any atom is 0.305 e. The highest BCUT2D eigenvalue weighted by Crippen LogP contribution is 2.48. The van der Waals surface area contributed by atoms with Gasteiger partial charge in [0.25, 0.3) is 0 Å². The zero-order valence-electron chi connectivity index (χ0n) is 21.5. The van der Waals surface area contributed by atoms with Gasteiger partial charge in [0.1, 0.15) is 0 Å². The maximum absolute atomic E-state index is 11.4. The van der Waals surface area contributed by atoms with Gasteiger partial charge in [0, 0.05) is 30.3 Å². The Labute approximate surface area is 223 Å². The van der Waals surface area contributed by atoms with E-state index in [0.717, 1.165) is 22.3 Å². The van der Waals surface area contributed by atoms with E-state index in [4.69, 9.17) is 9.47 Å². The van der Waals surface area contributed by atoms with Crippen molar-refractivity contribution in [3.8, 4) is 11.5 Å². The average Bonchev–Trinajstić information content (AvgIpc) is 3.38. The third kappa shape index (κ3) is 4.37. The fourth-order valence-corrected chi connectivity index (χ4v) is 5.74. The van der Waals surface area contributed by atoms with Crippen LogP contribution in [0.2, 0.25) is 0 Å². The average molecular weight is 508 g/mol. The summed E-state index contributed by atoms with van der Waals surface area (Å²) in [6.45, 7) is 3.46. The van der Waals surface area contributed by atoms with Gasteiger partial charge in [-0.1, -0.05) is 97.1 Å². The number of rotatable bonds is 6. The minimum absolute atomic E-state index is 0.122. The monoisotopic (exact) mass is 507 g/mol. The van der Waals surface area contributed by atoms with E-state index < -0.39 is 17.5 Å². The predicted octanol–water partition coefficient (Wildman–Crippen LogP) is 5.76. The van der Waals surface area contributed by atoms with Crippen molar-refractivity contribution in [1.82, 2.24) is 4.90 Å². The standard InChI is InChI=1S/C33H33NO4/c1-24(34-21-19-32(36,20-22-34)26-11-5-2-6-12-26)31(35)25-17-18-29-30(23-25)38-33(37-29,27-13-7-3-8-14-27)28-15-9-4-10-16-28/h2-18,23-24,31,35-36H,19-22H2,1H3/t24-,31+/m1/s1. The largest absolute Gasteiger partial charge is 0.440 e. The molecule has 1 saturated heterocycles. The fraction of sp³-hybridized carbons (Fsp3) is 0.273. The van der Waals surface area contributed by atoms with Crippen LogP contribution in [-0.2, 0) is 11.4 Å². The first-order chi connectivity index (χ1) is 18.5. The SMILES string of the molecule is C[C@H]([C@H](O)c1ccc2c(c1)OC(c1ccccc1)(c1ccccc1)O2)N1CCC(O)(c2ccccc2)CC1. The predicted molar refractivity (Wildman–Crippen MR) is 147 cm³/mol. The minimum Gasteiger partial charge on any atom is -0.440 e. The van der Waals surface area contributed by atoms with Crippen LogP contribution in [-0.4, -0.2) is 34.2 Å². The first-order valence-electron chi connectivity index (χ1n) is 13.3. The normalized spacial score (nSPS) is 19.6. The Hall–Kier alpha value is -3.64. The molecule has 0 saturated carbocycles. The zero-order valence-corrected chi connectivity index (χ0v) is 21.5. The number of hydrogen-bond acceptors (Lipinski definition) is 5.